The molecule has 4 heteroatoms. The molecule has 3 nitrogen and oxygen atoms in total. The summed E-state index contributed by atoms with van der Waals surface area (Å²) in [5, 5.41) is 3.01. The predicted molar refractivity (Wildman–Crippen MR) is 66.9 cm³/mol. The average Bonchev–Trinajstić information content (AvgIpc) is 2.79. The van der Waals surface area contributed by atoms with E-state index in [2.05, 4.69) is 5.32 Å². The second-order valence-corrected chi connectivity index (χ2v) is 4.08. The summed E-state index contributed by atoms with van der Waals surface area (Å²) >= 11 is 0. The Morgan fingerprint density at radius 1 is 1.33 bits per heavy atom. The molecule has 0 atom stereocenters. The van der Waals surface area contributed by atoms with Crippen molar-refractivity contribution < 1.29 is 13.5 Å². The first kappa shape index (κ1) is 12.6. The molecule has 0 aliphatic heterocycles. The molecular formula is C14H16FNO2. The molecule has 0 bridgehead atoms. The van der Waals surface area contributed by atoms with Gasteiger partial charge in [0, 0.05) is 5.56 Å². The van der Waals surface area contributed by atoms with E-state index < -0.39 is 0 Å². The molecule has 2 rings (SSSR count). The lowest BCUT2D eigenvalue weighted by molar-refractivity contribution is 0.286. The number of hydrogen-bond acceptors (Lipinski definition) is 3. The minimum absolute atomic E-state index is 0.270. The Morgan fingerprint density at radius 3 is 2.94 bits per heavy atom. The van der Waals surface area contributed by atoms with E-state index in [0.717, 1.165) is 11.3 Å². The molecule has 0 fully saturated rings. The van der Waals surface area contributed by atoms with Crippen molar-refractivity contribution in [2.24, 2.45) is 0 Å². The minimum atomic E-state index is -0.309. The van der Waals surface area contributed by atoms with Crippen LogP contribution >= 0.6 is 0 Å². The molecule has 1 N–H and O–H groups in total. The van der Waals surface area contributed by atoms with Gasteiger partial charge >= 0.3 is 0 Å². The highest BCUT2D eigenvalue weighted by molar-refractivity contribution is 5.30. The number of ether oxygens (including phenoxy) is 1. The fourth-order valence-corrected chi connectivity index (χ4v) is 1.70. The Labute approximate surface area is 106 Å². The Bertz CT molecular complexity index is 522. The summed E-state index contributed by atoms with van der Waals surface area (Å²) in [4.78, 5) is 0. The molecule has 96 valence electrons. The number of rotatable bonds is 5. The van der Waals surface area contributed by atoms with Crippen molar-refractivity contribution in [1.82, 2.24) is 5.32 Å². The summed E-state index contributed by atoms with van der Waals surface area (Å²) in [6.07, 6.45) is 1.61. The van der Waals surface area contributed by atoms with Crippen LogP contribution in [0.5, 0.6) is 5.75 Å². The number of furan rings is 1. The maximum absolute atomic E-state index is 13.7. The third-order valence-corrected chi connectivity index (χ3v) is 2.71. The maximum Gasteiger partial charge on any atom is 0.167 e. The van der Waals surface area contributed by atoms with E-state index in [4.69, 9.17) is 9.15 Å². The third kappa shape index (κ3) is 2.71. The quantitative estimate of drug-likeness (QED) is 0.884. The highest BCUT2D eigenvalue weighted by Gasteiger charge is 2.09. The van der Waals surface area contributed by atoms with Crippen LogP contribution in [0.15, 0.2) is 34.9 Å². The minimum Gasteiger partial charge on any atom is -0.486 e. The number of aryl methyl sites for hydroxylation is 1. The van der Waals surface area contributed by atoms with Crippen LogP contribution in [-0.4, -0.2) is 7.05 Å². The average molecular weight is 249 g/mol. The van der Waals surface area contributed by atoms with Gasteiger partial charge in [-0.2, -0.15) is 0 Å². The lowest BCUT2D eigenvalue weighted by Gasteiger charge is -2.08. The van der Waals surface area contributed by atoms with Crippen LogP contribution in [0, 0.1) is 12.7 Å². The van der Waals surface area contributed by atoms with E-state index in [-0.39, 0.29) is 11.6 Å². The predicted octanol–water partition coefficient (Wildman–Crippen LogP) is 3.03. The summed E-state index contributed by atoms with van der Waals surface area (Å²) in [5.74, 6) is 0.772. The number of benzene rings is 1. The normalized spacial score (nSPS) is 10.6. The second kappa shape index (κ2) is 5.69. The molecule has 1 aromatic carbocycles. The van der Waals surface area contributed by atoms with Crippen molar-refractivity contribution in [2.45, 2.75) is 20.1 Å². The van der Waals surface area contributed by atoms with Gasteiger partial charge in [-0.1, -0.05) is 12.1 Å². The van der Waals surface area contributed by atoms with Crippen molar-refractivity contribution in [2.75, 3.05) is 7.05 Å². The fourth-order valence-electron chi connectivity index (χ4n) is 1.70. The largest absolute Gasteiger partial charge is 0.486 e. The van der Waals surface area contributed by atoms with Crippen LogP contribution in [0.25, 0.3) is 0 Å². The zero-order valence-electron chi connectivity index (χ0n) is 10.5. The lowest BCUT2D eigenvalue weighted by Crippen LogP contribution is -2.07. The maximum atomic E-state index is 13.7. The summed E-state index contributed by atoms with van der Waals surface area (Å²) < 4.78 is 24.5. The van der Waals surface area contributed by atoms with E-state index in [1.54, 1.807) is 31.4 Å². The molecule has 1 aromatic heterocycles. The molecule has 0 aliphatic rings. The zero-order chi connectivity index (χ0) is 13.0. The summed E-state index contributed by atoms with van der Waals surface area (Å²) in [7, 11) is 1.84. The first-order valence-electron chi connectivity index (χ1n) is 5.80. The molecule has 2 aromatic rings. The standard InChI is InChI=1S/C14H16FNO2/c1-10-4-3-5-12(14(10)15)18-9-11-6-7-17-13(11)8-16-2/h3-7,16H,8-9H2,1-2H3. The van der Waals surface area contributed by atoms with Crippen LogP contribution < -0.4 is 10.1 Å². The molecule has 0 saturated carbocycles. The summed E-state index contributed by atoms with van der Waals surface area (Å²) in [6, 6.07) is 6.95. The van der Waals surface area contributed by atoms with Gasteiger partial charge in [0.25, 0.3) is 0 Å². The third-order valence-electron chi connectivity index (χ3n) is 2.71. The zero-order valence-corrected chi connectivity index (χ0v) is 10.5. The second-order valence-electron chi connectivity index (χ2n) is 4.08. The van der Waals surface area contributed by atoms with Crippen molar-refractivity contribution in [3.8, 4) is 5.75 Å². The Hall–Kier alpha value is -1.81. The van der Waals surface area contributed by atoms with Crippen LogP contribution in [0.4, 0.5) is 4.39 Å². The fraction of sp³-hybridized carbons (Fsp3) is 0.286. The molecule has 0 unspecified atom stereocenters. The summed E-state index contributed by atoms with van der Waals surface area (Å²) in [6.45, 7) is 2.64. The molecule has 1 heterocycles. The highest BCUT2D eigenvalue weighted by Crippen LogP contribution is 2.21. The van der Waals surface area contributed by atoms with Gasteiger partial charge in [0.2, 0.25) is 0 Å². The first-order valence-corrected chi connectivity index (χ1v) is 5.80. The van der Waals surface area contributed by atoms with Gasteiger partial charge in [-0.3, -0.25) is 0 Å². The monoisotopic (exact) mass is 249 g/mol. The molecule has 0 saturated heterocycles. The van der Waals surface area contributed by atoms with Crippen LogP contribution in [-0.2, 0) is 13.2 Å². The van der Waals surface area contributed by atoms with E-state index >= 15 is 0 Å². The molecule has 0 aliphatic carbocycles. The van der Waals surface area contributed by atoms with Crippen molar-refractivity contribution in [3.63, 3.8) is 0 Å². The first-order chi connectivity index (χ1) is 8.72. The molecule has 0 radical (unpaired) electrons. The molecular weight excluding hydrogens is 233 g/mol. The molecule has 18 heavy (non-hydrogen) atoms. The van der Waals surface area contributed by atoms with E-state index in [0.29, 0.717) is 18.7 Å². The number of hydrogen-bond donors (Lipinski definition) is 1. The van der Waals surface area contributed by atoms with Crippen LogP contribution in [0.3, 0.4) is 0 Å². The van der Waals surface area contributed by atoms with Gasteiger partial charge in [0.1, 0.15) is 12.4 Å². The number of halogens is 1. The van der Waals surface area contributed by atoms with Gasteiger partial charge in [-0.25, -0.2) is 4.39 Å². The van der Waals surface area contributed by atoms with E-state index in [1.165, 1.54) is 0 Å². The molecule has 0 spiro atoms. The van der Waals surface area contributed by atoms with Crippen LogP contribution in [0.2, 0.25) is 0 Å². The summed E-state index contributed by atoms with van der Waals surface area (Å²) in [5.41, 5.74) is 1.50. The van der Waals surface area contributed by atoms with Crippen molar-refractivity contribution in [3.05, 3.63) is 53.2 Å². The smallest absolute Gasteiger partial charge is 0.167 e. The molecule has 0 amide bonds. The number of nitrogens with one attached hydrogen (secondary N) is 1. The van der Waals surface area contributed by atoms with Gasteiger partial charge < -0.3 is 14.5 Å². The lowest BCUT2D eigenvalue weighted by atomic mass is 10.2. The van der Waals surface area contributed by atoms with Gasteiger partial charge in [-0.15, -0.1) is 0 Å². The Morgan fingerprint density at radius 2 is 2.17 bits per heavy atom. The SMILES string of the molecule is CNCc1occc1COc1cccc(C)c1F. The van der Waals surface area contributed by atoms with Crippen LogP contribution in [0.1, 0.15) is 16.9 Å². The highest BCUT2D eigenvalue weighted by atomic mass is 19.1. The van der Waals surface area contributed by atoms with Gasteiger partial charge in [-0.05, 0) is 31.7 Å². The van der Waals surface area contributed by atoms with E-state index in [9.17, 15) is 4.39 Å². The van der Waals surface area contributed by atoms with Crippen molar-refractivity contribution >= 4 is 0 Å². The Kier molecular flexibility index (Phi) is 3.99. The van der Waals surface area contributed by atoms with E-state index in [1.807, 2.05) is 13.1 Å². The topological polar surface area (TPSA) is 34.4 Å². The van der Waals surface area contributed by atoms with Gasteiger partial charge in [0.05, 0.1) is 12.8 Å². The van der Waals surface area contributed by atoms with Gasteiger partial charge in [0.15, 0.2) is 11.6 Å². The Balaban J connectivity index is 2.07. The van der Waals surface area contributed by atoms with Crippen molar-refractivity contribution in [1.29, 1.82) is 0 Å².